The summed E-state index contributed by atoms with van der Waals surface area (Å²) in [6, 6.07) is 2.01. The van der Waals surface area contributed by atoms with Crippen LogP contribution in [0, 0.1) is 5.41 Å². The number of hydrogen-bond acceptors (Lipinski definition) is 6. The molecule has 0 amide bonds. The summed E-state index contributed by atoms with van der Waals surface area (Å²) in [6.45, 7) is 8.61. The molecule has 0 saturated heterocycles. The van der Waals surface area contributed by atoms with Crippen LogP contribution in [0.2, 0.25) is 0 Å². The van der Waals surface area contributed by atoms with Crippen LogP contribution in [0.25, 0.3) is 0 Å². The van der Waals surface area contributed by atoms with E-state index in [0.717, 1.165) is 40.5 Å². The van der Waals surface area contributed by atoms with Gasteiger partial charge in [-0.15, -0.1) is 0 Å². The molecule has 1 atom stereocenters. The van der Waals surface area contributed by atoms with Gasteiger partial charge in [-0.3, -0.25) is 4.79 Å². The van der Waals surface area contributed by atoms with Crippen LogP contribution >= 0.6 is 23.1 Å². The van der Waals surface area contributed by atoms with Crippen LogP contribution in [0.3, 0.4) is 0 Å². The van der Waals surface area contributed by atoms with Crippen molar-refractivity contribution in [3.05, 3.63) is 44.9 Å². The highest BCUT2D eigenvalue weighted by molar-refractivity contribution is 7.99. The minimum atomic E-state index is -0.331. The number of hydrogen-bond donors (Lipinski definition) is 1. The maximum atomic E-state index is 13.1. The summed E-state index contributed by atoms with van der Waals surface area (Å²) in [4.78, 5) is 26.0. The first-order valence-electron chi connectivity index (χ1n) is 9.35. The molecule has 0 saturated carbocycles. The lowest BCUT2D eigenvalue weighted by Gasteiger charge is -2.39. The van der Waals surface area contributed by atoms with E-state index in [-0.39, 0.29) is 23.1 Å². The quantitative estimate of drug-likeness (QED) is 0.551. The molecule has 1 aromatic heterocycles. The average Bonchev–Trinajstić information content (AvgIpc) is 3.10. The predicted molar refractivity (Wildman–Crippen MR) is 112 cm³/mol. The Morgan fingerprint density at radius 2 is 2.19 bits per heavy atom. The molecule has 2 aliphatic rings. The van der Waals surface area contributed by atoms with Gasteiger partial charge in [0.2, 0.25) is 0 Å². The van der Waals surface area contributed by atoms with Crippen molar-refractivity contribution < 1.29 is 14.3 Å². The summed E-state index contributed by atoms with van der Waals surface area (Å²) < 4.78 is 5.55. The van der Waals surface area contributed by atoms with Crippen LogP contribution in [0.4, 0.5) is 0 Å². The number of esters is 1. The zero-order chi connectivity index (χ0) is 19.6. The average molecular weight is 406 g/mol. The number of thioether (sulfide) groups is 1. The first-order chi connectivity index (χ1) is 12.8. The number of dihydropyridines is 1. The number of Topliss-reactive ketones (excluding diaryl/α,β-unsaturated/α-hetero) is 1. The lowest BCUT2D eigenvalue weighted by Crippen LogP contribution is -2.38. The van der Waals surface area contributed by atoms with Crippen molar-refractivity contribution in [2.24, 2.45) is 5.41 Å². The molecule has 1 aliphatic heterocycles. The summed E-state index contributed by atoms with van der Waals surface area (Å²) in [5.74, 6) is 1.26. The minimum Gasteiger partial charge on any atom is -0.461 e. The number of nitrogens with one attached hydrogen (secondary N) is 1. The smallest absolute Gasteiger partial charge is 0.336 e. The van der Waals surface area contributed by atoms with Gasteiger partial charge in [-0.2, -0.15) is 23.1 Å². The van der Waals surface area contributed by atoms with Crippen LogP contribution in [-0.4, -0.2) is 29.9 Å². The van der Waals surface area contributed by atoms with E-state index in [2.05, 4.69) is 26.1 Å². The lowest BCUT2D eigenvalue weighted by molar-refractivity contribution is -0.138. The Morgan fingerprint density at radius 1 is 1.41 bits per heavy atom. The number of ether oxygens (including phenoxy) is 1. The Balaban J connectivity index is 1.96. The van der Waals surface area contributed by atoms with E-state index in [1.807, 2.05) is 23.8 Å². The van der Waals surface area contributed by atoms with Gasteiger partial charge in [-0.1, -0.05) is 20.8 Å². The molecule has 1 aromatic rings. The lowest BCUT2D eigenvalue weighted by atomic mass is 9.69. The molecule has 6 heteroatoms. The third-order valence-corrected chi connectivity index (χ3v) is 6.57. The fourth-order valence-corrected chi connectivity index (χ4v) is 5.07. The van der Waals surface area contributed by atoms with Gasteiger partial charge in [0.25, 0.3) is 0 Å². The van der Waals surface area contributed by atoms with Crippen molar-refractivity contribution in [1.29, 1.82) is 0 Å². The molecule has 1 N–H and O–H groups in total. The number of ketones is 1. The highest BCUT2D eigenvalue weighted by Gasteiger charge is 2.43. The zero-order valence-electron chi connectivity index (χ0n) is 16.4. The van der Waals surface area contributed by atoms with Crippen molar-refractivity contribution in [2.45, 2.75) is 46.5 Å². The predicted octanol–water partition coefficient (Wildman–Crippen LogP) is 4.65. The molecule has 0 spiro atoms. The van der Waals surface area contributed by atoms with Crippen LogP contribution in [0.1, 0.15) is 52.0 Å². The first-order valence-corrected chi connectivity index (χ1v) is 11.4. The molecule has 1 aliphatic carbocycles. The van der Waals surface area contributed by atoms with E-state index < -0.39 is 0 Å². The minimum absolute atomic E-state index is 0.0716. The Bertz CT molecular complexity index is 790. The molecule has 0 fully saturated rings. The number of carbonyl (C=O) groups excluding carboxylic acids is 2. The fraction of sp³-hybridized carbons (Fsp3) is 0.524. The standard InChI is InChI=1S/C21H27NO3S2/c1-5-26-9-7-25-20(24)17-13(2)22-15-10-21(3,4)11-16(23)19(15)18(17)14-6-8-27-12-14/h6,8,12,18,22H,5,7,9-11H2,1-4H3/t18-/m0/s1. The first kappa shape index (κ1) is 20.2. The van der Waals surface area contributed by atoms with E-state index >= 15 is 0 Å². The summed E-state index contributed by atoms with van der Waals surface area (Å²) in [7, 11) is 0. The topological polar surface area (TPSA) is 55.4 Å². The molecule has 0 radical (unpaired) electrons. The van der Waals surface area contributed by atoms with Crippen LogP contribution in [0.5, 0.6) is 0 Å². The Kier molecular flexibility index (Phi) is 6.16. The fourth-order valence-electron chi connectivity index (χ4n) is 3.89. The van der Waals surface area contributed by atoms with E-state index in [1.54, 1.807) is 23.1 Å². The Labute approximate surface area is 169 Å². The number of carbonyl (C=O) groups is 2. The van der Waals surface area contributed by atoms with Gasteiger partial charge in [0.15, 0.2) is 5.78 Å². The number of rotatable bonds is 6. The van der Waals surface area contributed by atoms with E-state index in [4.69, 9.17) is 4.74 Å². The zero-order valence-corrected chi connectivity index (χ0v) is 18.0. The maximum absolute atomic E-state index is 13.1. The van der Waals surface area contributed by atoms with E-state index in [9.17, 15) is 9.59 Å². The van der Waals surface area contributed by atoms with Crippen molar-refractivity contribution in [3.63, 3.8) is 0 Å². The second kappa shape index (κ2) is 8.23. The van der Waals surface area contributed by atoms with Gasteiger partial charge in [0.05, 0.1) is 5.57 Å². The molecule has 146 valence electrons. The molecule has 2 heterocycles. The van der Waals surface area contributed by atoms with Crippen LogP contribution in [0.15, 0.2) is 39.4 Å². The van der Waals surface area contributed by atoms with Crippen LogP contribution < -0.4 is 5.32 Å². The summed E-state index contributed by atoms with van der Waals surface area (Å²) in [6.07, 6.45) is 1.31. The van der Waals surface area contributed by atoms with Crippen LogP contribution in [-0.2, 0) is 14.3 Å². The number of thiophene rings is 1. The molecule has 4 nitrogen and oxygen atoms in total. The largest absolute Gasteiger partial charge is 0.461 e. The molecule has 27 heavy (non-hydrogen) atoms. The van der Waals surface area contributed by atoms with Crippen molar-refractivity contribution in [2.75, 3.05) is 18.1 Å². The molecule has 0 unspecified atom stereocenters. The summed E-state index contributed by atoms with van der Waals surface area (Å²) in [5.41, 5.74) is 4.00. The number of allylic oxidation sites excluding steroid dienone is 3. The van der Waals surface area contributed by atoms with Crippen molar-refractivity contribution in [1.82, 2.24) is 5.32 Å². The van der Waals surface area contributed by atoms with E-state index in [1.165, 1.54) is 0 Å². The SMILES string of the molecule is CCSCCOC(=O)C1=C(C)NC2=C(C(=O)CC(C)(C)C2)[C@H]1c1ccsc1. The van der Waals surface area contributed by atoms with Gasteiger partial charge in [-0.05, 0) is 46.9 Å². The highest BCUT2D eigenvalue weighted by atomic mass is 32.2. The molecule has 0 bridgehead atoms. The van der Waals surface area contributed by atoms with Crippen molar-refractivity contribution >= 4 is 34.9 Å². The molecular formula is C21H27NO3S2. The highest BCUT2D eigenvalue weighted by Crippen LogP contribution is 2.47. The Hall–Kier alpha value is -1.53. The van der Waals surface area contributed by atoms with Gasteiger partial charge < -0.3 is 10.1 Å². The maximum Gasteiger partial charge on any atom is 0.336 e. The van der Waals surface area contributed by atoms with E-state index in [0.29, 0.717) is 18.6 Å². The monoisotopic (exact) mass is 405 g/mol. The van der Waals surface area contributed by atoms with Gasteiger partial charge in [0.1, 0.15) is 6.61 Å². The van der Waals surface area contributed by atoms with Crippen molar-refractivity contribution in [3.8, 4) is 0 Å². The Morgan fingerprint density at radius 3 is 2.85 bits per heavy atom. The third kappa shape index (κ3) is 4.32. The molecular weight excluding hydrogens is 378 g/mol. The summed E-state index contributed by atoms with van der Waals surface area (Å²) in [5, 5.41) is 7.38. The van der Waals surface area contributed by atoms with Gasteiger partial charge in [-0.25, -0.2) is 4.79 Å². The van der Waals surface area contributed by atoms with Gasteiger partial charge >= 0.3 is 5.97 Å². The normalized spacial score (nSPS) is 21.8. The third-order valence-electron chi connectivity index (χ3n) is 5.00. The second-order valence-corrected chi connectivity index (χ2v) is 9.99. The van der Waals surface area contributed by atoms with Gasteiger partial charge in [0, 0.05) is 35.1 Å². The summed E-state index contributed by atoms with van der Waals surface area (Å²) >= 11 is 3.32. The molecule has 3 rings (SSSR count). The molecule has 0 aromatic carbocycles. The second-order valence-electron chi connectivity index (χ2n) is 7.82.